The second-order valence-corrected chi connectivity index (χ2v) is 31.1. The van der Waals surface area contributed by atoms with Gasteiger partial charge in [-0.25, -0.2) is 9.59 Å². The zero-order valence-electron chi connectivity index (χ0n) is 65.9. The topological polar surface area (TPSA) is 566 Å². The summed E-state index contributed by atoms with van der Waals surface area (Å²) in [6.45, 7) is 1.13. The summed E-state index contributed by atoms with van der Waals surface area (Å²) in [5.74, 6) is -18.6. The third-order valence-electron chi connectivity index (χ3n) is 21.9. The van der Waals surface area contributed by atoms with Crippen molar-refractivity contribution >= 4 is 76.5 Å². The number of phenols is 4. The Morgan fingerprint density at radius 3 is 1.85 bits per heavy atom. The van der Waals surface area contributed by atoms with Gasteiger partial charge in [0, 0.05) is 47.2 Å². The number of fused-ring (bicyclic) bond motifs is 14. The Labute approximate surface area is 710 Å². The molecule has 0 radical (unpaired) electrons. The fourth-order valence-corrected chi connectivity index (χ4v) is 15.8. The van der Waals surface area contributed by atoms with Crippen molar-refractivity contribution in [2.75, 3.05) is 20.8 Å². The van der Waals surface area contributed by atoms with Crippen LogP contribution in [-0.2, 0) is 63.8 Å². The number of benzene rings is 7. The number of aliphatic hydroxyl groups excluding tert-OH is 7. The van der Waals surface area contributed by atoms with Gasteiger partial charge in [0.15, 0.2) is 35.1 Å². The van der Waals surface area contributed by atoms with Crippen LogP contribution in [0.3, 0.4) is 0 Å². The number of esters is 1. The van der Waals surface area contributed by atoms with Crippen molar-refractivity contribution < 1.29 is 142 Å². The number of methoxy groups -OCH3 is 1. The van der Waals surface area contributed by atoms with Gasteiger partial charge in [0.2, 0.25) is 59.7 Å². The number of carbonyl (C=O) groups excluding carboxylic acids is 8. The van der Waals surface area contributed by atoms with Crippen LogP contribution in [-0.4, -0.2) is 209 Å². The maximum absolute atomic E-state index is 16.7. The fourth-order valence-electron chi connectivity index (χ4n) is 15.3. The van der Waals surface area contributed by atoms with E-state index in [0.29, 0.717) is 18.4 Å². The van der Waals surface area contributed by atoms with E-state index in [1.54, 1.807) is 0 Å². The Bertz CT molecular complexity index is 5200. The highest BCUT2D eigenvalue weighted by atomic mass is 35.5. The number of phenolic OH excluding ortho intramolecular Hbond substituents is 4. The number of ether oxygens (including phenoxy) is 8. The molecule has 654 valence electrons. The number of unbranched alkanes of at least 4 members (excludes halogenated alkanes) is 8. The lowest BCUT2D eigenvalue weighted by atomic mass is 9.89. The number of likely N-dealkylation sites (N-methyl/N-ethyl adjacent to an activating group) is 1. The van der Waals surface area contributed by atoms with Crippen molar-refractivity contribution in [2.24, 2.45) is 0 Å². The molecule has 20 N–H and O–H groups in total. The Kier molecular flexibility index (Phi) is 27.7. The minimum absolute atomic E-state index is 0.123. The summed E-state index contributed by atoms with van der Waals surface area (Å²) in [4.78, 5) is 136. The molecule has 8 aliphatic heterocycles. The van der Waals surface area contributed by atoms with Gasteiger partial charge < -0.3 is 142 Å². The predicted octanol–water partition coefficient (Wildman–Crippen LogP) is 4.42. The number of aliphatic carboxylic acids is 1. The number of nitrogens with one attached hydrogen (secondary N) is 8. The normalized spacial score (nSPS) is 26.3. The minimum Gasteiger partial charge on any atom is -0.508 e. The second kappa shape index (κ2) is 38.3. The molecule has 0 saturated carbocycles. The number of hydrogen-bond donors (Lipinski definition) is 20. The van der Waals surface area contributed by atoms with Crippen LogP contribution >= 0.6 is 23.2 Å². The van der Waals surface area contributed by atoms with Crippen LogP contribution in [0.2, 0.25) is 10.0 Å². The monoisotopic (exact) mass is 1740 g/mol. The molecule has 7 aromatic rings. The van der Waals surface area contributed by atoms with Crippen LogP contribution in [0.1, 0.15) is 146 Å². The fraction of sp³-hybridized carbons (Fsp3) is 0.393. The number of carboxylic acids is 1. The van der Waals surface area contributed by atoms with Gasteiger partial charge in [-0.15, -0.1) is 0 Å². The van der Waals surface area contributed by atoms with Gasteiger partial charge in [-0.2, -0.15) is 0 Å². The summed E-state index contributed by atoms with van der Waals surface area (Å²) in [5, 5.41) is 157. The van der Waals surface area contributed by atoms with Crippen molar-refractivity contribution in [3.8, 4) is 80.1 Å². The summed E-state index contributed by atoms with van der Waals surface area (Å²) in [7, 11) is 2.38. The van der Waals surface area contributed by atoms with Crippen molar-refractivity contribution in [3.05, 3.63) is 164 Å². The van der Waals surface area contributed by atoms with Crippen LogP contribution in [0.25, 0.3) is 11.1 Å². The van der Waals surface area contributed by atoms with E-state index < -0.39 is 271 Å². The molecule has 0 aromatic heterocycles. The lowest BCUT2D eigenvalue weighted by molar-refractivity contribution is -0.277. The molecule has 2 saturated heterocycles. The smallest absolute Gasteiger partial charge is 0.337 e. The molecule has 2 fully saturated rings. The second-order valence-electron chi connectivity index (χ2n) is 30.3. The zero-order valence-corrected chi connectivity index (χ0v) is 67.4. The van der Waals surface area contributed by atoms with Crippen molar-refractivity contribution in [3.63, 3.8) is 0 Å². The number of hydrogen-bond acceptors (Lipinski definition) is 29. The highest BCUT2D eigenvalue weighted by Crippen LogP contribution is 2.50. The largest absolute Gasteiger partial charge is 0.508 e. The molecule has 0 unspecified atom stereocenters. The van der Waals surface area contributed by atoms with Gasteiger partial charge >= 0.3 is 11.9 Å². The standard InChI is InChI=1S/C84H90Cl2N8O29/c1-4-5-6-7-8-9-10-11-12-13-57(100)89-66-69(103)71(105)74(82(115)116-3)123-83(66)122-73-54-28-39-29-55(73)119-51-23-18-38(26-46(51)85)67(101)65-80(112)93-64(81(113)114)44-30-40(96)31-53(120-84-72(106)70(104)68(102)56(34-95)121-84)58(44)43-25-36(16-21-48(43)97)61(77(109)94-65)90-78(110)62(39)91-79(111)63-45-32-42(33-50(99)59(45)86)118-52-27-37(17-22-49(52)98)60(87-2)76(108)88-47(75(107)92-63)24-35-14-19-41(117-54)20-15-35/h14-23,25-33,47,56,60-72,74,83-84,87,95-99,101-106H,4-13,24,34H2,1-3H3,(H,88,108)(H,89,100)(H,90,110)(H,91,111)(H,92,107)(H,93,112)(H,94,109)(H,113,114)/t47-,56-,60+,61-,62-,63+,64+,65+,66-,67-,68-,69-,70+,71+,72+,74+,83-,84+/m1/s1. The molecule has 8 heterocycles. The Morgan fingerprint density at radius 2 is 1.17 bits per heavy atom. The van der Waals surface area contributed by atoms with Gasteiger partial charge in [-0.3, -0.25) is 33.6 Å². The van der Waals surface area contributed by atoms with E-state index in [9.17, 15) is 80.5 Å². The van der Waals surface area contributed by atoms with Crippen LogP contribution in [0, 0.1) is 0 Å². The third-order valence-corrected chi connectivity index (χ3v) is 22.6. The lowest BCUT2D eigenvalue weighted by Gasteiger charge is -2.41. The average molecular weight is 1750 g/mol. The van der Waals surface area contributed by atoms with Crippen LogP contribution in [0.5, 0.6) is 69.0 Å². The van der Waals surface area contributed by atoms with E-state index in [1.807, 2.05) is 0 Å². The van der Waals surface area contributed by atoms with E-state index in [2.05, 4.69) is 49.5 Å². The van der Waals surface area contributed by atoms with Gasteiger partial charge in [-0.1, -0.05) is 112 Å². The first-order chi connectivity index (χ1) is 58.8. The molecule has 0 aliphatic carbocycles. The Hall–Kier alpha value is -11.8. The maximum atomic E-state index is 16.7. The van der Waals surface area contributed by atoms with Crippen molar-refractivity contribution in [1.29, 1.82) is 0 Å². The minimum atomic E-state index is -2.45. The third kappa shape index (κ3) is 19.3. The number of halogens is 2. The number of carboxylic acid groups (broad SMARTS) is 1. The maximum Gasteiger partial charge on any atom is 0.337 e. The van der Waals surface area contributed by atoms with Gasteiger partial charge in [-0.05, 0) is 114 Å². The molecular weight excluding hydrogens is 1660 g/mol. The van der Waals surface area contributed by atoms with Crippen molar-refractivity contribution in [2.45, 2.75) is 187 Å². The molecule has 17 bridgehead atoms. The SMILES string of the molecule is CCCCCCCCCCCC(=O)N[C@H]1[C@H](Oc2c3cc4cc2Oc2ccc(cc2Cl)[C@@H](O)[C@@H]2NC(=O)[C@H](NC(=O)[C@@H]4NC(=O)[C@H]4NC(=O)[C@@H](Cc5ccc(cc5)O3)NC(=O)[C@@H](NC)c3ccc(O)c(c3)Oc3cc(O)c(Cl)c4c3)c3ccc(O)c(c3)-c3c(O[C@H]4O[C@H](CO)[C@@H](O)[C@H](O)[C@@H]4O)cc(O)cc3[C@@H](C(=O)O)NC2=O)O[C@H](C(=O)OC)[C@@H](O)[C@@H]1O. The highest BCUT2D eigenvalue weighted by molar-refractivity contribution is 6.33. The van der Waals surface area contributed by atoms with E-state index >= 15 is 24.0 Å². The number of rotatable bonds is 19. The molecule has 39 heteroatoms. The molecule has 18 atom stereocenters. The Morgan fingerprint density at radius 1 is 0.537 bits per heavy atom. The summed E-state index contributed by atoms with van der Waals surface area (Å²) >= 11 is 14.2. The first-order valence-corrected chi connectivity index (χ1v) is 40.2. The number of carbonyl (C=O) groups is 9. The summed E-state index contributed by atoms with van der Waals surface area (Å²) in [6, 6.07) is 4.82. The molecule has 0 spiro atoms. The van der Waals surface area contributed by atoms with Crippen LogP contribution < -0.4 is 66.2 Å². The summed E-state index contributed by atoms with van der Waals surface area (Å²) in [6.07, 6.45) is -13.4. The molecule has 7 amide bonds. The summed E-state index contributed by atoms with van der Waals surface area (Å²) in [5.41, 5.74) is -3.19. The van der Waals surface area contributed by atoms with Gasteiger partial charge in [0.1, 0.15) is 125 Å². The molecule has 7 aromatic carbocycles. The van der Waals surface area contributed by atoms with E-state index in [-0.39, 0.29) is 34.8 Å². The molecule has 15 rings (SSSR count). The quantitative estimate of drug-likeness (QED) is 0.0393. The number of amides is 7. The van der Waals surface area contributed by atoms with Crippen molar-refractivity contribution in [1.82, 2.24) is 42.5 Å². The molecular formula is C84H90Cl2N8O29. The predicted molar refractivity (Wildman–Crippen MR) is 428 cm³/mol. The first-order valence-electron chi connectivity index (χ1n) is 39.4. The van der Waals surface area contributed by atoms with Crippen LogP contribution in [0.4, 0.5) is 0 Å². The van der Waals surface area contributed by atoms with E-state index in [4.69, 9.17) is 61.1 Å². The van der Waals surface area contributed by atoms with E-state index in [1.165, 1.54) is 49.5 Å². The highest BCUT2D eigenvalue weighted by Gasteiger charge is 2.52. The van der Waals surface area contributed by atoms with Gasteiger partial charge in [0.25, 0.3) is 0 Å². The number of aliphatic hydroxyl groups is 7. The molecule has 37 nitrogen and oxygen atoms in total. The average Bonchev–Trinajstić information content (AvgIpc) is 0.759. The first kappa shape index (κ1) is 88.9. The summed E-state index contributed by atoms with van der Waals surface area (Å²) < 4.78 is 49.4. The Balaban J connectivity index is 1.04. The number of aromatic hydroxyl groups is 4. The molecule has 8 aliphatic rings. The molecule has 123 heavy (non-hydrogen) atoms. The van der Waals surface area contributed by atoms with Crippen LogP contribution in [0.15, 0.2) is 115 Å². The lowest BCUT2D eigenvalue weighted by Crippen LogP contribution is -2.66. The van der Waals surface area contributed by atoms with Gasteiger partial charge in [0.05, 0.1) is 23.8 Å². The zero-order chi connectivity index (χ0) is 88.1. The van der Waals surface area contributed by atoms with E-state index in [0.717, 1.165) is 125 Å².